The minimum absolute atomic E-state index is 0.193. The van der Waals surface area contributed by atoms with Crippen LogP contribution in [0.15, 0.2) is 65.8 Å². The number of amides is 1. The smallest absolute Gasteiger partial charge is 0.244 e. The van der Waals surface area contributed by atoms with Crippen molar-refractivity contribution in [1.29, 1.82) is 0 Å². The van der Waals surface area contributed by atoms with Gasteiger partial charge in [0, 0.05) is 5.56 Å². The zero-order chi connectivity index (χ0) is 19.2. The number of benzene rings is 3. The Morgan fingerprint density at radius 2 is 1.70 bits per heavy atom. The number of nitrogens with zero attached hydrogens (tertiary/aromatic N) is 1. The fourth-order valence-electron chi connectivity index (χ4n) is 2.96. The van der Waals surface area contributed by atoms with E-state index in [9.17, 15) is 4.79 Å². The van der Waals surface area contributed by atoms with Crippen molar-refractivity contribution in [3.63, 3.8) is 0 Å². The van der Waals surface area contributed by atoms with Crippen molar-refractivity contribution in [3.8, 4) is 11.5 Å². The van der Waals surface area contributed by atoms with Gasteiger partial charge in [0.2, 0.25) is 5.91 Å². The summed E-state index contributed by atoms with van der Waals surface area (Å²) in [7, 11) is 3.15. The number of hydrogen-bond acceptors (Lipinski definition) is 4. The van der Waals surface area contributed by atoms with Crippen LogP contribution in [0, 0.1) is 0 Å². The van der Waals surface area contributed by atoms with E-state index >= 15 is 0 Å². The van der Waals surface area contributed by atoms with Gasteiger partial charge in [-0.15, -0.1) is 0 Å². The molecule has 1 N–H and O–H groups in total. The van der Waals surface area contributed by atoms with Gasteiger partial charge in [0.1, 0.15) is 0 Å². The van der Waals surface area contributed by atoms with Crippen LogP contribution in [0.3, 0.4) is 0 Å². The lowest BCUT2D eigenvalue weighted by Gasteiger charge is -2.09. The quantitative estimate of drug-likeness (QED) is 0.534. The highest BCUT2D eigenvalue weighted by molar-refractivity contribution is 6.09. The number of nitrogens with one attached hydrogen (secondary N) is 1. The SMILES string of the molecule is COc1ccc(CC(=O)N/N=C(/C)c2cccc3ccccc23)cc1OC. The average molecular weight is 362 g/mol. The Morgan fingerprint density at radius 3 is 2.48 bits per heavy atom. The number of hydrazone groups is 1. The van der Waals surface area contributed by atoms with Crippen molar-refractivity contribution in [1.82, 2.24) is 5.43 Å². The molecule has 138 valence electrons. The van der Waals surface area contributed by atoms with E-state index in [1.54, 1.807) is 26.4 Å². The van der Waals surface area contributed by atoms with E-state index in [2.05, 4.69) is 28.7 Å². The van der Waals surface area contributed by atoms with Gasteiger partial charge in [-0.1, -0.05) is 48.5 Å². The summed E-state index contributed by atoms with van der Waals surface area (Å²) in [6, 6.07) is 19.6. The Morgan fingerprint density at radius 1 is 0.963 bits per heavy atom. The van der Waals surface area contributed by atoms with E-state index in [0.717, 1.165) is 27.6 Å². The monoisotopic (exact) mass is 362 g/mol. The third-order valence-corrected chi connectivity index (χ3v) is 4.34. The van der Waals surface area contributed by atoms with Crippen LogP contribution in [-0.4, -0.2) is 25.8 Å². The fourth-order valence-corrected chi connectivity index (χ4v) is 2.96. The lowest BCUT2D eigenvalue weighted by molar-refractivity contribution is -0.120. The first-order valence-corrected chi connectivity index (χ1v) is 8.64. The summed E-state index contributed by atoms with van der Waals surface area (Å²) in [5.74, 6) is 1.03. The average Bonchev–Trinajstić information content (AvgIpc) is 2.71. The maximum Gasteiger partial charge on any atom is 0.244 e. The predicted molar refractivity (Wildman–Crippen MR) is 108 cm³/mol. The van der Waals surface area contributed by atoms with Crippen LogP contribution in [0.5, 0.6) is 11.5 Å². The summed E-state index contributed by atoms with van der Waals surface area (Å²) in [6.45, 7) is 1.89. The molecule has 0 spiro atoms. The number of carbonyl (C=O) groups is 1. The summed E-state index contributed by atoms with van der Waals surface area (Å²) < 4.78 is 10.5. The number of fused-ring (bicyclic) bond motifs is 1. The first-order chi connectivity index (χ1) is 13.1. The molecule has 5 nitrogen and oxygen atoms in total. The number of carbonyl (C=O) groups excluding carboxylic acids is 1. The van der Waals surface area contributed by atoms with Crippen molar-refractivity contribution < 1.29 is 14.3 Å². The van der Waals surface area contributed by atoms with Crippen molar-refractivity contribution >= 4 is 22.4 Å². The highest BCUT2D eigenvalue weighted by Crippen LogP contribution is 2.27. The standard InChI is InChI=1S/C22H22N2O3/c1-15(18-10-6-8-17-7-4-5-9-19(17)18)23-24-22(25)14-16-11-12-20(26-2)21(13-16)27-3/h4-13H,14H2,1-3H3,(H,24,25)/b23-15-. The van der Waals surface area contributed by atoms with Crippen molar-refractivity contribution in [2.45, 2.75) is 13.3 Å². The third kappa shape index (κ3) is 4.26. The molecule has 0 fully saturated rings. The van der Waals surface area contributed by atoms with Crippen LogP contribution >= 0.6 is 0 Å². The molecule has 0 aromatic heterocycles. The summed E-state index contributed by atoms with van der Waals surface area (Å²) in [5.41, 5.74) is 5.22. The Kier molecular flexibility index (Phi) is 5.71. The van der Waals surface area contributed by atoms with E-state index in [1.165, 1.54) is 0 Å². The largest absolute Gasteiger partial charge is 0.493 e. The second-order valence-electron chi connectivity index (χ2n) is 6.13. The Hall–Kier alpha value is -3.34. The Balaban J connectivity index is 1.72. The predicted octanol–water partition coefficient (Wildman–Crippen LogP) is 3.94. The molecule has 27 heavy (non-hydrogen) atoms. The van der Waals surface area contributed by atoms with Crippen molar-refractivity contribution in [3.05, 3.63) is 71.8 Å². The molecule has 0 atom stereocenters. The molecule has 0 aliphatic carbocycles. The lowest BCUT2D eigenvalue weighted by Crippen LogP contribution is -2.21. The summed E-state index contributed by atoms with van der Waals surface area (Å²) in [5, 5.41) is 6.52. The first-order valence-electron chi connectivity index (χ1n) is 8.64. The van der Waals surface area contributed by atoms with E-state index in [1.807, 2.05) is 37.3 Å². The van der Waals surface area contributed by atoms with E-state index < -0.39 is 0 Å². The maximum atomic E-state index is 12.3. The zero-order valence-electron chi connectivity index (χ0n) is 15.7. The normalized spacial score (nSPS) is 11.3. The molecule has 0 aliphatic heterocycles. The van der Waals surface area contributed by atoms with Gasteiger partial charge < -0.3 is 9.47 Å². The number of methoxy groups -OCH3 is 2. The molecular formula is C22H22N2O3. The first kappa shape index (κ1) is 18.5. The Labute approximate surface area is 158 Å². The van der Waals surface area contributed by atoms with Gasteiger partial charge in [-0.2, -0.15) is 5.10 Å². The highest BCUT2D eigenvalue weighted by atomic mass is 16.5. The van der Waals surface area contributed by atoms with Gasteiger partial charge in [-0.05, 0) is 35.4 Å². The molecule has 1 amide bonds. The fraction of sp³-hybridized carbons (Fsp3) is 0.182. The zero-order valence-corrected chi connectivity index (χ0v) is 15.7. The maximum absolute atomic E-state index is 12.3. The lowest BCUT2D eigenvalue weighted by atomic mass is 10.0. The summed E-state index contributed by atoms with van der Waals surface area (Å²) >= 11 is 0. The Bertz CT molecular complexity index is 991. The van der Waals surface area contributed by atoms with Crippen LogP contribution < -0.4 is 14.9 Å². The van der Waals surface area contributed by atoms with Crippen LogP contribution in [0.1, 0.15) is 18.1 Å². The molecule has 0 aliphatic rings. The second-order valence-corrected chi connectivity index (χ2v) is 6.13. The molecule has 0 saturated heterocycles. The van der Waals surface area contributed by atoms with Gasteiger partial charge in [-0.3, -0.25) is 4.79 Å². The van der Waals surface area contributed by atoms with E-state index in [-0.39, 0.29) is 12.3 Å². The number of rotatable bonds is 6. The molecule has 3 aromatic rings. The van der Waals surface area contributed by atoms with Crippen LogP contribution in [0.4, 0.5) is 0 Å². The molecule has 0 saturated carbocycles. The van der Waals surface area contributed by atoms with Crippen molar-refractivity contribution in [2.75, 3.05) is 14.2 Å². The van der Waals surface area contributed by atoms with Gasteiger partial charge in [-0.25, -0.2) is 5.43 Å². The summed E-state index contributed by atoms with van der Waals surface area (Å²) in [6.07, 6.45) is 0.201. The molecule has 5 heteroatoms. The number of hydrogen-bond donors (Lipinski definition) is 1. The van der Waals surface area contributed by atoms with Crippen LogP contribution in [0.2, 0.25) is 0 Å². The van der Waals surface area contributed by atoms with Crippen LogP contribution in [-0.2, 0) is 11.2 Å². The minimum Gasteiger partial charge on any atom is -0.493 e. The topological polar surface area (TPSA) is 59.9 Å². The summed E-state index contributed by atoms with van der Waals surface area (Å²) in [4.78, 5) is 12.3. The number of ether oxygens (including phenoxy) is 2. The van der Waals surface area contributed by atoms with Gasteiger partial charge >= 0.3 is 0 Å². The molecule has 3 rings (SSSR count). The van der Waals surface area contributed by atoms with Gasteiger partial charge in [0.25, 0.3) is 0 Å². The molecule has 0 radical (unpaired) electrons. The molecule has 0 heterocycles. The van der Waals surface area contributed by atoms with Gasteiger partial charge in [0.15, 0.2) is 11.5 Å². The highest BCUT2D eigenvalue weighted by Gasteiger charge is 2.09. The minimum atomic E-state index is -0.193. The molecule has 0 unspecified atom stereocenters. The van der Waals surface area contributed by atoms with Gasteiger partial charge in [0.05, 0.1) is 26.4 Å². The van der Waals surface area contributed by atoms with Crippen LogP contribution in [0.25, 0.3) is 10.8 Å². The molecule has 0 bridgehead atoms. The molecule has 3 aromatic carbocycles. The third-order valence-electron chi connectivity index (χ3n) is 4.34. The van der Waals surface area contributed by atoms with E-state index in [0.29, 0.717) is 11.5 Å². The van der Waals surface area contributed by atoms with E-state index in [4.69, 9.17) is 9.47 Å². The molecular weight excluding hydrogens is 340 g/mol. The second kappa shape index (κ2) is 8.36. The van der Waals surface area contributed by atoms with Crippen molar-refractivity contribution in [2.24, 2.45) is 5.10 Å².